The van der Waals surface area contributed by atoms with Gasteiger partial charge in [0.2, 0.25) is 11.9 Å². The molecule has 2 aromatic rings. The zero-order chi connectivity index (χ0) is 23.2. The minimum absolute atomic E-state index is 0.223. The second kappa shape index (κ2) is 10.8. The minimum atomic E-state index is -0.519. The van der Waals surface area contributed by atoms with Crippen molar-refractivity contribution in [3.8, 4) is 0 Å². The molecule has 32 heavy (non-hydrogen) atoms. The molecule has 2 saturated carbocycles. The summed E-state index contributed by atoms with van der Waals surface area (Å²) in [5, 5.41) is 20.2. The molecule has 176 valence electrons. The summed E-state index contributed by atoms with van der Waals surface area (Å²) in [5.74, 6) is -0.259. The van der Waals surface area contributed by atoms with Crippen LogP contribution in [0.3, 0.4) is 0 Å². The van der Waals surface area contributed by atoms with Crippen molar-refractivity contribution in [3.05, 3.63) is 59.7 Å². The van der Waals surface area contributed by atoms with Crippen molar-refractivity contribution in [2.75, 3.05) is 0 Å². The highest BCUT2D eigenvalue weighted by Gasteiger charge is 2.34. The van der Waals surface area contributed by atoms with Gasteiger partial charge in [-0.2, -0.15) is 8.78 Å². The van der Waals surface area contributed by atoms with Gasteiger partial charge in [0.05, 0.1) is 11.2 Å². The highest BCUT2D eigenvalue weighted by molar-refractivity contribution is 5.18. The summed E-state index contributed by atoms with van der Waals surface area (Å²) < 4.78 is 27.0. The van der Waals surface area contributed by atoms with Gasteiger partial charge in [0.15, 0.2) is 0 Å². The minimum Gasteiger partial charge on any atom is -0.390 e. The lowest BCUT2D eigenvalue weighted by molar-refractivity contribution is -0.00484. The normalized spacial score (nSPS) is 30.3. The van der Waals surface area contributed by atoms with Crippen LogP contribution in [0.1, 0.15) is 101 Å². The van der Waals surface area contributed by atoms with Crippen LogP contribution in [0.4, 0.5) is 8.78 Å². The fourth-order valence-electron chi connectivity index (χ4n) is 5.05. The lowest BCUT2D eigenvalue weighted by atomic mass is 9.75. The molecule has 2 aromatic heterocycles. The number of hydrogen-bond donors (Lipinski definition) is 2. The highest BCUT2D eigenvalue weighted by Crippen LogP contribution is 2.40. The Labute approximate surface area is 190 Å². The first-order valence-corrected chi connectivity index (χ1v) is 11.9. The second-order valence-electron chi connectivity index (χ2n) is 9.47. The summed E-state index contributed by atoms with van der Waals surface area (Å²) >= 11 is 0. The first-order chi connectivity index (χ1) is 15.3. The summed E-state index contributed by atoms with van der Waals surface area (Å²) in [4.78, 5) is 7.36. The molecule has 4 nitrogen and oxygen atoms in total. The van der Waals surface area contributed by atoms with Gasteiger partial charge in [-0.25, -0.2) is 9.97 Å². The molecular formula is C26H36F2N2O2. The van der Waals surface area contributed by atoms with E-state index in [4.69, 9.17) is 0 Å². The van der Waals surface area contributed by atoms with E-state index in [2.05, 4.69) is 9.97 Å². The van der Waals surface area contributed by atoms with E-state index in [1.54, 1.807) is 12.1 Å². The molecule has 0 aromatic carbocycles. The first kappa shape index (κ1) is 24.7. The lowest BCUT2D eigenvalue weighted by Crippen LogP contribution is -2.32. The zero-order valence-corrected chi connectivity index (χ0v) is 19.2. The van der Waals surface area contributed by atoms with E-state index in [1.807, 2.05) is 26.0 Å². The summed E-state index contributed by atoms with van der Waals surface area (Å²) in [5.41, 5.74) is 0.381. The van der Waals surface area contributed by atoms with E-state index in [9.17, 15) is 19.0 Å². The molecule has 2 heterocycles. The van der Waals surface area contributed by atoms with E-state index in [1.165, 1.54) is 12.4 Å². The molecule has 0 bridgehead atoms. The maximum atomic E-state index is 13.5. The van der Waals surface area contributed by atoms with Gasteiger partial charge in [0.1, 0.15) is 0 Å². The van der Waals surface area contributed by atoms with Crippen LogP contribution in [0.2, 0.25) is 0 Å². The van der Waals surface area contributed by atoms with E-state index < -0.39 is 11.2 Å². The van der Waals surface area contributed by atoms with Crippen LogP contribution in [0.25, 0.3) is 0 Å². The fourth-order valence-corrected chi connectivity index (χ4v) is 5.05. The maximum Gasteiger partial charge on any atom is 0.216 e. The van der Waals surface area contributed by atoms with Crippen LogP contribution in [-0.4, -0.2) is 31.4 Å². The number of aromatic nitrogens is 2. The molecule has 2 N–H and O–H groups in total. The van der Waals surface area contributed by atoms with Crippen molar-refractivity contribution in [1.82, 2.24) is 9.97 Å². The number of nitrogens with zero attached hydrogens (tertiary/aromatic N) is 2. The molecule has 2 fully saturated rings. The zero-order valence-electron chi connectivity index (χ0n) is 19.2. The number of hydrogen-bond acceptors (Lipinski definition) is 4. The van der Waals surface area contributed by atoms with Crippen LogP contribution in [-0.2, 0) is 0 Å². The number of rotatable bonds is 4. The molecule has 2 aliphatic rings. The fraction of sp³-hybridized carbons (Fsp3) is 0.615. The smallest absolute Gasteiger partial charge is 0.216 e. The van der Waals surface area contributed by atoms with E-state index in [0.717, 1.165) is 64.2 Å². The van der Waals surface area contributed by atoms with Gasteiger partial charge in [-0.05, 0) is 88.2 Å². The average molecular weight is 447 g/mol. The van der Waals surface area contributed by atoms with Crippen LogP contribution in [0.15, 0.2) is 36.7 Å². The summed E-state index contributed by atoms with van der Waals surface area (Å²) in [7, 11) is 0. The second-order valence-corrected chi connectivity index (χ2v) is 9.47. The summed E-state index contributed by atoms with van der Waals surface area (Å²) in [6.07, 6.45) is 11.0. The Morgan fingerprint density at radius 3 is 1.38 bits per heavy atom. The molecule has 0 radical (unpaired) electrons. The third-order valence-electron chi connectivity index (χ3n) is 7.60. The lowest BCUT2D eigenvalue weighted by Gasteiger charge is -2.35. The Balaban J connectivity index is 0.000000181. The Morgan fingerprint density at radius 1 is 0.750 bits per heavy atom. The molecule has 2 aliphatic carbocycles. The maximum absolute atomic E-state index is 13.5. The Morgan fingerprint density at radius 2 is 1.09 bits per heavy atom. The highest BCUT2D eigenvalue weighted by atomic mass is 19.1. The van der Waals surface area contributed by atoms with E-state index in [-0.39, 0.29) is 23.7 Å². The van der Waals surface area contributed by atoms with Gasteiger partial charge in [-0.3, -0.25) is 0 Å². The Kier molecular flexibility index (Phi) is 8.34. The van der Waals surface area contributed by atoms with Crippen LogP contribution in [0.5, 0.6) is 0 Å². The third kappa shape index (κ3) is 6.10. The van der Waals surface area contributed by atoms with Crippen molar-refractivity contribution in [2.24, 2.45) is 0 Å². The topological polar surface area (TPSA) is 66.2 Å². The SMILES string of the molecule is CCC1(O)CCC(c2cccnc2F)CC1.CCC1(O)CCC(c2cccnc2F)CC1. The number of halogens is 2. The monoisotopic (exact) mass is 446 g/mol. The van der Waals surface area contributed by atoms with Gasteiger partial charge < -0.3 is 10.2 Å². The molecular weight excluding hydrogens is 410 g/mol. The predicted molar refractivity (Wildman–Crippen MR) is 121 cm³/mol. The number of pyridine rings is 2. The third-order valence-corrected chi connectivity index (χ3v) is 7.60. The quantitative estimate of drug-likeness (QED) is 0.562. The molecule has 6 heteroatoms. The predicted octanol–water partition coefficient (Wildman–Crippen LogP) is 6.04. The van der Waals surface area contributed by atoms with E-state index >= 15 is 0 Å². The van der Waals surface area contributed by atoms with Gasteiger partial charge >= 0.3 is 0 Å². The molecule has 0 unspecified atom stereocenters. The molecule has 0 atom stereocenters. The van der Waals surface area contributed by atoms with Crippen molar-refractivity contribution >= 4 is 0 Å². The molecule has 4 rings (SSSR count). The van der Waals surface area contributed by atoms with Crippen molar-refractivity contribution in [1.29, 1.82) is 0 Å². The van der Waals surface area contributed by atoms with Crippen LogP contribution < -0.4 is 0 Å². The van der Waals surface area contributed by atoms with Crippen molar-refractivity contribution < 1.29 is 19.0 Å². The van der Waals surface area contributed by atoms with Gasteiger partial charge in [-0.15, -0.1) is 0 Å². The number of aliphatic hydroxyl groups is 2. The first-order valence-electron chi connectivity index (χ1n) is 11.9. The molecule has 0 saturated heterocycles. The summed E-state index contributed by atoms with van der Waals surface area (Å²) in [6.45, 7) is 4.01. The Hall–Kier alpha value is -1.92. The van der Waals surface area contributed by atoms with Gasteiger partial charge in [0, 0.05) is 23.5 Å². The van der Waals surface area contributed by atoms with Crippen molar-refractivity contribution in [2.45, 2.75) is 101 Å². The standard InChI is InChI=1S/2C13H18FNO/c2*1-2-13(16)7-5-10(6-8-13)11-4-3-9-15-12(11)14/h2*3-4,9-10,16H,2,5-8H2,1H3. The molecule has 0 amide bonds. The average Bonchev–Trinajstić information content (AvgIpc) is 2.82. The van der Waals surface area contributed by atoms with Crippen LogP contribution >= 0.6 is 0 Å². The van der Waals surface area contributed by atoms with Crippen LogP contribution in [0, 0.1) is 11.9 Å². The largest absolute Gasteiger partial charge is 0.390 e. The molecule has 0 spiro atoms. The van der Waals surface area contributed by atoms with Gasteiger partial charge in [-0.1, -0.05) is 26.0 Å². The molecule has 0 aliphatic heterocycles. The summed E-state index contributed by atoms with van der Waals surface area (Å²) in [6, 6.07) is 7.17. The van der Waals surface area contributed by atoms with Gasteiger partial charge in [0.25, 0.3) is 0 Å². The van der Waals surface area contributed by atoms with E-state index in [0.29, 0.717) is 11.1 Å². The van der Waals surface area contributed by atoms with Crippen molar-refractivity contribution in [3.63, 3.8) is 0 Å². The Bertz CT molecular complexity index is 789.